The number of hydrogen-bond acceptors (Lipinski definition) is 10. The summed E-state index contributed by atoms with van der Waals surface area (Å²) in [6.07, 6.45) is -5.22. The minimum atomic E-state index is -1.86. The highest BCUT2D eigenvalue weighted by molar-refractivity contribution is 5.84. The Kier molecular flexibility index (Phi) is 42.8. The molecule has 0 heterocycles. The van der Waals surface area contributed by atoms with Crippen LogP contribution >= 0.6 is 0 Å². The number of ketones is 1. The number of aliphatic hydroxyl groups excluding tert-OH is 8. The Balaban J connectivity index is -0.0000000802. The van der Waals surface area contributed by atoms with E-state index < -0.39 is 37.3 Å². The molecule has 0 rings (SSSR count). The van der Waals surface area contributed by atoms with Gasteiger partial charge in [0.05, 0.1) is 6.61 Å². The molecular weight excluding hydrogens is 302 g/mol. The van der Waals surface area contributed by atoms with Crippen molar-refractivity contribution in [3.63, 3.8) is 0 Å². The van der Waals surface area contributed by atoms with Crippen molar-refractivity contribution in [2.75, 3.05) is 33.0 Å². The van der Waals surface area contributed by atoms with Gasteiger partial charge in [-0.25, -0.2) is 0 Å². The normalized spacial score (nSPS) is 12.5. The molecule has 0 saturated heterocycles. The topological polar surface area (TPSA) is 214 Å². The summed E-state index contributed by atoms with van der Waals surface area (Å²) < 4.78 is 0. The van der Waals surface area contributed by atoms with Gasteiger partial charge in [0, 0.05) is 19.8 Å². The van der Waals surface area contributed by atoms with Gasteiger partial charge in [0.1, 0.15) is 24.9 Å². The highest BCUT2D eigenvalue weighted by Gasteiger charge is 2.28. The zero-order valence-electron chi connectivity index (χ0n) is 13.5. The summed E-state index contributed by atoms with van der Waals surface area (Å²) in [5.74, 6) is -1.00. The van der Waals surface area contributed by atoms with E-state index in [9.17, 15) is 4.79 Å². The SMILES string of the molecule is CCO.CCO.CCO.N.O=C(CO)[C@H](O)[C@@H](O)[C@H](O)CO. The van der Waals surface area contributed by atoms with E-state index in [-0.39, 0.29) is 26.0 Å². The van der Waals surface area contributed by atoms with Crippen LogP contribution in [0.15, 0.2) is 0 Å². The number of carbonyl (C=O) groups excluding carboxylic acids is 1. The predicted molar refractivity (Wildman–Crippen MR) is 80.5 cm³/mol. The molecule has 10 nitrogen and oxygen atoms in total. The minimum absolute atomic E-state index is 0. The van der Waals surface area contributed by atoms with Crippen molar-refractivity contribution >= 4 is 5.78 Å². The third-order valence-corrected chi connectivity index (χ3v) is 1.39. The van der Waals surface area contributed by atoms with E-state index >= 15 is 0 Å². The summed E-state index contributed by atoms with van der Waals surface area (Å²) in [6.45, 7) is 4.10. The second-order valence-corrected chi connectivity index (χ2v) is 3.26. The predicted octanol–water partition coefficient (Wildman–Crippen LogP) is -3.22. The van der Waals surface area contributed by atoms with Gasteiger partial charge < -0.3 is 47.0 Å². The Morgan fingerprint density at radius 1 is 0.818 bits per heavy atom. The van der Waals surface area contributed by atoms with Crippen LogP contribution in [0, 0.1) is 0 Å². The summed E-state index contributed by atoms with van der Waals surface area (Å²) in [5.41, 5.74) is 0. The summed E-state index contributed by atoms with van der Waals surface area (Å²) in [4.78, 5) is 10.5. The van der Waals surface area contributed by atoms with Crippen LogP contribution in [0.3, 0.4) is 0 Å². The van der Waals surface area contributed by atoms with Gasteiger partial charge in [0.2, 0.25) is 0 Å². The molecule has 0 aromatic carbocycles. The molecular formula is C12H33NO9. The van der Waals surface area contributed by atoms with Crippen molar-refractivity contribution in [1.29, 1.82) is 0 Å². The number of Topliss-reactive ketones (excluding diaryl/α,β-unsaturated/α-hetero) is 1. The average Bonchev–Trinajstić information content (AvgIpc) is 2.46. The maximum Gasteiger partial charge on any atom is 0.189 e. The Morgan fingerprint density at radius 2 is 1.09 bits per heavy atom. The molecule has 0 aliphatic carbocycles. The molecule has 0 saturated carbocycles. The van der Waals surface area contributed by atoms with Gasteiger partial charge in [-0.05, 0) is 20.8 Å². The lowest BCUT2D eigenvalue weighted by atomic mass is 10.1. The molecule has 0 fully saturated rings. The highest BCUT2D eigenvalue weighted by Crippen LogP contribution is 2.00. The standard InChI is InChI=1S/C6H12O6.3C2H6O.H3N/c7-1-3(9)5(11)6(12)4(10)2-8;3*1-2-3;/h3,5-9,11-12H,1-2H2;3*3H,2H2,1H3;1H3/t3-,5+,6+;;;;/m1..../s1. The van der Waals surface area contributed by atoms with Crippen molar-refractivity contribution in [1.82, 2.24) is 6.15 Å². The first kappa shape index (κ1) is 33.0. The zero-order valence-corrected chi connectivity index (χ0v) is 13.5. The monoisotopic (exact) mass is 335 g/mol. The summed E-state index contributed by atoms with van der Waals surface area (Å²) in [5, 5.41) is 65.8. The van der Waals surface area contributed by atoms with Gasteiger partial charge in [-0.15, -0.1) is 0 Å². The molecule has 0 unspecified atom stereocenters. The maximum atomic E-state index is 10.5. The molecule has 0 radical (unpaired) electrons. The Labute approximate surface area is 130 Å². The van der Waals surface area contributed by atoms with Crippen LogP contribution < -0.4 is 6.15 Å². The fraction of sp³-hybridized carbons (Fsp3) is 0.917. The smallest absolute Gasteiger partial charge is 0.189 e. The molecule has 0 spiro atoms. The summed E-state index contributed by atoms with van der Waals surface area (Å²) in [7, 11) is 0. The van der Waals surface area contributed by atoms with Crippen LogP contribution in [0.5, 0.6) is 0 Å². The quantitative estimate of drug-likeness (QED) is 0.245. The summed E-state index contributed by atoms with van der Waals surface area (Å²) in [6, 6.07) is 0. The third-order valence-electron chi connectivity index (χ3n) is 1.39. The molecule has 11 N–H and O–H groups in total. The van der Waals surface area contributed by atoms with Gasteiger partial charge in [0.15, 0.2) is 5.78 Å². The first-order valence-electron chi connectivity index (χ1n) is 6.40. The molecule has 0 aliphatic heterocycles. The highest BCUT2D eigenvalue weighted by atomic mass is 16.4. The van der Waals surface area contributed by atoms with E-state index in [1.54, 1.807) is 20.8 Å². The Hall–Kier alpha value is -0.690. The molecule has 10 heteroatoms. The Morgan fingerprint density at radius 3 is 1.27 bits per heavy atom. The van der Waals surface area contributed by atoms with Gasteiger partial charge in [-0.3, -0.25) is 4.79 Å². The van der Waals surface area contributed by atoms with E-state index in [0.717, 1.165) is 0 Å². The first-order chi connectivity index (χ1) is 9.78. The van der Waals surface area contributed by atoms with Gasteiger partial charge in [-0.1, -0.05) is 0 Å². The number of carbonyl (C=O) groups is 1. The summed E-state index contributed by atoms with van der Waals surface area (Å²) >= 11 is 0. The van der Waals surface area contributed by atoms with Crippen LogP contribution in [0.1, 0.15) is 20.8 Å². The lowest BCUT2D eigenvalue weighted by Crippen LogP contribution is -2.44. The van der Waals surface area contributed by atoms with Crippen molar-refractivity contribution in [2.45, 2.75) is 39.1 Å². The van der Waals surface area contributed by atoms with Crippen LogP contribution in [-0.4, -0.2) is 98.0 Å². The fourth-order valence-electron chi connectivity index (χ4n) is 0.602. The van der Waals surface area contributed by atoms with E-state index in [1.807, 2.05) is 0 Å². The zero-order chi connectivity index (χ0) is 17.8. The van der Waals surface area contributed by atoms with E-state index in [4.69, 9.17) is 40.9 Å². The van der Waals surface area contributed by atoms with E-state index in [0.29, 0.717) is 0 Å². The van der Waals surface area contributed by atoms with Gasteiger partial charge in [0.25, 0.3) is 0 Å². The fourth-order valence-corrected chi connectivity index (χ4v) is 0.602. The second-order valence-electron chi connectivity index (χ2n) is 3.26. The molecule has 0 aromatic heterocycles. The van der Waals surface area contributed by atoms with Crippen LogP contribution in [0.4, 0.5) is 0 Å². The van der Waals surface area contributed by atoms with Crippen LogP contribution in [0.25, 0.3) is 0 Å². The molecule has 3 atom stereocenters. The third kappa shape index (κ3) is 27.6. The molecule has 0 aromatic rings. The molecule has 0 bridgehead atoms. The number of hydrogen-bond donors (Lipinski definition) is 9. The van der Waals surface area contributed by atoms with Crippen LogP contribution in [-0.2, 0) is 4.79 Å². The van der Waals surface area contributed by atoms with E-state index in [1.165, 1.54) is 0 Å². The van der Waals surface area contributed by atoms with E-state index in [2.05, 4.69) is 0 Å². The van der Waals surface area contributed by atoms with Gasteiger partial charge in [-0.2, -0.15) is 0 Å². The lowest BCUT2D eigenvalue weighted by molar-refractivity contribution is -0.142. The molecule has 0 aliphatic rings. The molecule has 140 valence electrons. The maximum absolute atomic E-state index is 10.5. The Bertz CT molecular complexity index is 191. The van der Waals surface area contributed by atoms with Gasteiger partial charge >= 0.3 is 0 Å². The number of aliphatic hydroxyl groups is 8. The first-order valence-corrected chi connectivity index (χ1v) is 6.40. The molecule has 0 amide bonds. The number of rotatable bonds is 5. The second kappa shape index (κ2) is 28.5. The van der Waals surface area contributed by atoms with Crippen molar-refractivity contribution in [3.05, 3.63) is 0 Å². The van der Waals surface area contributed by atoms with Crippen molar-refractivity contribution in [2.24, 2.45) is 0 Å². The largest absolute Gasteiger partial charge is 0.397 e. The molecule has 22 heavy (non-hydrogen) atoms. The van der Waals surface area contributed by atoms with Crippen LogP contribution in [0.2, 0.25) is 0 Å². The minimum Gasteiger partial charge on any atom is -0.397 e. The van der Waals surface area contributed by atoms with Crippen molar-refractivity contribution in [3.8, 4) is 0 Å². The van der Waals surface area contributed by atoms with Crippen molar-refractivity contribution < 1.29 is 45.6 Å². The lowest BCUT2D eigenvalue weighted by Gasteiger charge is -2.19. The average molecular weight is 335 g/mol.